The van der Waals surface area contributed by atoms with Gasteiger partial charge in [-0.2, -0.15) is 0 Å². The fourth-order valence-corrected chi connectivity index (χ4v) is 2.11. The lowest BCUT2D eigenvalue weighted by atomic mass is 10.2. The van der Waals surface area contributed by atoms with Gasteiger partial charge in [0.1, 0.15) is 22.8 Å². The number of phenolic OH excluding ortho intramolecular Hbond substituents is 1. The number of rotatable bonds is 2. The van der Waals surface area contributed by atoms with Crippen LogP contribution in [-0.2, 0) is 7.05 Å². The number of benzene rings is 1. The molecule has 19 heavy (non-hydrogen) atoms. The number of aromatic nitrogens is 3. The second-order valence-corrected chi connectivity index (χ2v) is 4.24. The molecule has 0 fully saturated rings. The number of aromatic hydroxyl groups is 1. The Morgan fingerprint density at radius 1 is 1.26 bits per heavy atom. The number of fused-ring (bicyclic) bond motifs is 1. The number of hydrogen-bond donors (Lipinski definition) is 1. The van der Waals surface area contributed by atoms with Crippen LogP contribution < -0.4 is 4.74 Å². The molecule has 2 heterocycles. The number of nitrogens with zero attached hydrogens (tertiary/aromatic N) is 3. The summed E-state index contributed by atoms with van der Waals surface area (Å²) in [7, 11) is 3.50. The molecule has 3 aromatic rings. The van der Waals surface area contributed by atoms with Gasteiger partial charge >= 0.3 is 0 Å². The van der Waals surface area contributed by atoms with Crippen LogP contribution in [0.4, 0.5) is 0 Å². The van der Waals surface area contributed by atoms with E-state index in [1.807, 2.05) is 17.7 Å². The summed E-state index contributed by atoms with van der Waals surface area (Å²) in [5.74, 6) is 1.53. The highest BCUT2D eigenvalue weighted by atomic mass is 16.5. The maximum Gasteiger partial charge on any atom is 0.144 e. The van der Waals surface area contributed by atoms with E-state index in [1.165, 1.54) is 0 Å². The van der Waals surface area contributed by atoms with Crippen LogP contribution in [-0.4, -0.2) is 26.8 Å². The van der Waals surface area contributed by atoms with Crippen molar-refractivity contribution in [3.05, 3.63) is 36.7 Å². The Morgan fingerprint density at radius 3 is 2.84 bits per heavy atom. The zero-order chi connectivity index (χ0) is 13.4. The Bertz CT molecular complexity index is 750. The molecule has 0 radical (unpaired) electrons. The zero-order valence-electron chi connectivity index (χ0n) is 10.7. The van der Waals surface area contributed by atoms with Crippen LogP contribution in [0.15, 0.2) is 36.7 Å². The van der Waals surface area contributed by atoms with Crippen LogP contribution >= 0.6 is 0 Å². The number of hydrogen-bond acceptors (Lipinski definition) is 4. The van der Waals surface area contributed by atoms with Crippen LogP contribution in [0, 0.1) is 0 Å². The Labute approximate surface area is 110 Å². The van der Waals surface area contributed by atoms with Crippen molar-refractivity contribution in [1.82, 2.24) is 14.5 Å². The lowest BCUT2D eigenvalue weighted by molar-refractivity contribution is 0.412. The molecular weight excluding hydrogens is 242 g/mol. The van der Waals surface area contributed by atoms with Crippen molar-refractivity contribution in [2.24, 2.45) is 7.05 Å². The maximum atomic E-state index is 10.0. The Balaban J connectivity index is 2.27. The number of methoxy groups -OCH3 is 1. The van der Waals surface area contributed by atoms with Gasteiger partial charge in [0.2, 0.25) is 0 Å². The van der Waals surface area contributed by atoms with Gasteiger partial charge in [0, 0.05) is 13.2 Å². The second-order valence-electron chi connectivity index (χ2n) is 4.24. The average molecular weight is 255 g/mol. The summed E-state index contributed by atoms with van der Waals surface area (Å²) >= 11 is 0. The van der Waals surface area contributed by atoms with Crippen LogP contribution in [0.3, 0.4) is 0 Å². The van der Waals surface area contributed by atoms with Gasteiger partial charge in [0.25, 0.3) is 0 Å². The van der Waals surface area contributed by atoms with Crippen LogP contribution in [0.25, 0.3) is 22.4 Å². The first kappa shape index (κ1) is 11.5. The third-order valence-electron chi connectivity index (χ3n) is 3.13. The molecule has 0 amide bonds. The minimum absolute atomic E-state index is 0.173. The summed E-state index contributed by atoms with van der Waals surface area (Å²) in [4.78, 5) is 8.56. The van der Waals surface area contributed by atoms with Gasteiger partial charge in [-0.25, -0.2) is 4.98 Å². The van der Waals surface area contributed by atoms with E-state index in [4.69, 9.17) is 4.74 Å². The van der Waals surface area contributed by atoms with E-state index in [-0.39, 0.29) is 5.75 Å². The lowest BCUT2D eigenvalue weighted by Crippen LogP contribution is -1.93. The lowest BCUT2D eigenvalue weighted by Gasteiger charge is -2.07. The quantitative estimate of drug-likeness (QED) is 0.763. The number of ether oxygens (including phenoxy) is 1. The van der Waals surface area contributed by atoms with Crippen LogP contribution in [0.1, 0.15) is 0 Å². The predicted molar refractivity (Wildman–Crippen MR) is 72.2 cm³/mol. The SMILES string of the molecule is COc1ccc(O)c(-c2nc3cnccc3n2C)c1. The number of imidazole rings is 1. The van der Waals surface area contributed by atoms with Crippen molar-refractivity contribution in [2.75, 3.05) is 7.11 Å². The largest absolute Gasteiger partial charge is 0.507 e. The van der Waals surface area contributed by atoms with E-state index in [1.54, 1.807) is 37.7 Å². The van der Waals surface area contributed by atoms with E-state index < -0.39 is 0 Å². The summed E-state index contributed by atoms with van der Waals surface area (Å²) in [6, 6.07) is 6.97. The fraction of sp³-hybridized carbons (Fsp3) is 0.143. The molecule has 0 bridgehead atoms. The summed E-state index contributed by atoms with van der Waals surface area (Å²) < 4.78 is 7.11. The molecule has 0 saturated heterocycles. The molecule has 0 aliphatic heterocycles. The van der Waals surface area contributed by atoms with Crippen LogP contribution in [0.5, 0.6) is 11.5 Å². The minimum atomic E-state index is 0.173. The molecule has 1 aromatic carbocycles. The topological polar surface area (TPSA) is 60.2 Å². The predicted octanol–water partition coefficient (Wildman–Crippen LogP) is 2.35. The fourth-order valence-electron chi connectivity index (χ4n) is 2.11. The Hall–Kier alpha value is -2.56. The van der Waals surface area contributed by atoms with E-state index in [0.29, 0.717) is 17.1 Å². The molecular formula is C14H13N3O2. The van der Waals surface area contributed by atoms with Gasteiger partial charge in [0.05, 0.1) is 24.4 Å². The van der Waals surface area contributed by atoms with Crippen molar-refractivity contribution < 1.29 is 9.84 Å². The van der Waals surface area contributed by atoms with Gasteiger partial charge in [-0.1, -0.05) is 0 Å². The van der Waals surface area contributed by atoms with Gasteiger partial charge in [-0.05, 0) is 24.3 Å². The molecule has 0 atom stereocenters. The van der Waals surface area contributed by atoms with E-state index in [9.17, 15) is 5.11 Å². The first-order chi connectivity index (χ1) is 9.20. The highest BCUT2D eigenvalue weighted by Gasteiger charge is 2.14. The highest BCUT2D eigenvalue weighted by molar-refractivity contribution is 5.81. The van der Waals surface area contributed by atoms with E-state index in [0.717, 1.165) is 11.0 Å². The molecule has 5 nitrogen and oxygen atoms in total. The molecule has 96 valence electrons. The summed E-state index contributed by atoms with van der Waals surface area (Å²) in [6.45, 7) is 0. The minimum Gasteiger partial charge on any atom is -0.507 e. The summed E-state index contributed by atoms with van der Waals surface area (Å²) in [5, 5.41) is 10.0. The molecule has 0 unspecified atom stereocenters. The normalized spacial score (nSPS) is 10.8. The van der Waals surface area contributed by atoms with Gasteiger partial charge in [-0.15, -0.1) is 0 Å². The Kier molecular flexibility index (Phi) is 2.59. The molecule has 3 rings (SSSR count). The molecule has 2 aromatic heterocycles. The second kappa shape index (κ2) is 4.28. The Morgan fingerprint density at radius 2 is 2.11 bits per heavy atom. The zero-order valence-corrected chi connectivity index (χ0v) is 10.7. The van der Waals surface area contributed by atoms with Gasteiger partial charge in [0.15, 0.2) is 0 Å². The number of aryl methyl sites for hydroxylation is 1. The first-order valence-electron chi connectivity index (χ1n) is 5.84. The monoisotopic (exact) mass is 255 g/mol. The van der Waals surface area contributed by atoms with Crippen LogP contribution in [0.2, 0.25) is 0 Å². The molecule has 0 saturated carbocycles. The molecule has 1 N–H and O–H groups in total. The average Bonchev–Trinajstić information content (AvgIpc) is 2.77. The first-order valence-corrected chi connectivity index (χ1v) is 5.84. The third-order valence-corrected chi connectivity index (χ3v) is 3.13. The molecule has 0 aliphatic rings. The molecule has 0 aliphatic carbocycles. The van der Waals surface area contributed by atoms with E-state index >= 15 is 0 Å². The van der Waals surface area contributed by atoms with Gasteiger partial charge < -0.3 is 14.4 Å². The number of phenols is 1. The molecule has 5 heteroatoms. The van der Waals surface area contributed by atoms with Crippen molar-refractivity contribution in [1.29, 1.82) is 0 Å². The van der Waals surface area contributed by atoms with Crippen molar-refractivity contribution in [3.8, 4) is 22.9 Å². The standard InChI is InChI=1S/C14H13N3O2/c1-17-12-5-6-15-8-11(12)16-14(17)10-7-9(19-2)3-4-13(10)18/h3-8,18H,1-2H3. The molecule has 0 spiro atoms. The van der Waals surface area contributed by atoms with E-state index in [2.05, 4.69) is 9.97 Å². The van der Waals surface area contributed by atoms with Crippen molar-refractivity contribution >= 4 is 11.0 Å². The highest BCUT2D eigenvalue weighted by Crippen LogP contribution is 2.33. The summed E-state index contributed by atoms with van der Waals surface area (Å²) in [5.41, 5.74) is 2.40. The van der Waals surface area contributed by atoms with Gasteiger partial charge in [-0.3, -0.25) is 4.98 Å². The van der Waals surface area contributed by atoms with Crippen molar-refractivity contribution in [2.45, 2.75) is 0 Å². The third kappa shape index (κ3) is 1.79. The smallest absolute Gasteiger partial charge is 0.144 e. The number of pyridine rings is 1. The van der Waals surface area contributed by atoms with Crippen molar-refractivity contribution in [3.63, 3.8) is 0 Å². The summed E-state index contributed by atoms with van der Waals surface area (Å²) in [6.07, 6.45) is 3.43. The maximum absolute atomic E-state index is 10.0.